The number of carbonyl (C=O) groups is 2. The molecular weight excluding hydrogens is 318 g/mol. The fraction of sp³-hybridized carbons (Fsp3) is 0.429. The maximum atomic E-state index is 13.6. The first-order chi connectivity index (χ1) is 9.82. The first-order valence-electron chi connectivity index (χ1n) is 6.49. The lowest BCUT2D eigenvalue weighted by Crippen LogP contribution is -2.45. The summed E-state index contributed by atoms with van der Waals surface area (Å²) in [6, 6.07) is 1.69. The third kappa shape index (κ3) is 3.14. The van der Waals surface area contributed by atoms with E-state index in [0.29, 0.717) is 13.0 Å². The molecule has 1 aliphatic rings. The SMILES string of the molecule is CN(C)C(=O)C1CCCN1C(=O)c1cc(F)c(Cl)cc1Cl. The van der Waals surface area contributed by atoms with Crippen LogP contribution in [0.5, 0.6) is 0 Å². The van der Waals surface area contributed by atoms with Crippen molar-refractivity contribution >= 4 is 35.0 Å². The van der Waals surface area contributed by atoms with Gasteiger partial charge in [-0.15, -0.1) is 0 Å². The normalized spacial score (nSPS) is 18.0. The van der Waals surface area contributed by atoms with Crippen molar-refractivity contribution in [2.75, 3.05) is 20.6 Å². The molecule has 7 heteroatoms. The lowest BCUT2D eigenvalue weighted by atomic mass is 10.1. The van der Waals surface area contributed by atoms with E-state index >= 15 is 0 Å². The minimum atomic E-state index is -0.709. The van der Waals surface area contributed by atoms with Crippen LogP contribution in [0.25, 0.3) is 0 Å². The molecule has 2 rings (SSSR count). The topological polar surface area (TPSA) is 40.6 Å². The van der Waals surface area contributed by atoms with Gasteiger partial charge >= 0.3 is 0 Å². The van der Waals surface area contributed by atoms with Crippen molar-refractivity contribution in [3.05, 3.63) is 33.6 Å². The second kappa shape index (κ2) is 6.20. The van der Waals surface area contributed by atoms with Crippen LogP contribution in [0.4, 0.5) is 4.39 Å². The molecule has 0 aromatic heterocycles. The van der Waals surface area contributed by atoms with Crippen molar-refractivity contribution < 1.29 is 14.0 Å². The number of hydrogen-bond acceptors (Lipinski definition) is 2. The highest BCUT2D eigenvalue weighted by atomic mass is 35.5. The van der Waals surface area contributed by atoms with Crippen molar-refractivity contribution in [1.82, 2.24) is 9.80 Å². The van der Waals surface area contributed by atoms with Gasteiger partial charge in [0.25, 0.3) is 5.91 Å². The van der Waals surface area contributed by atoms with E-state index in [-0.39, 0.29) is 21.5 Å². The Morgan fingerprint density at radius 2 is 1.95 bits per heavy atom. The molecule has 1 fully saturated rings. The van der Waals surface area contributed by atoms with Gasteiger partial charge in [0.05, 0.1) is 15.6 Å². The zero-order valence-electron chi connectivity index (χ0n) is 11.7. The molecule has 21 heavy (non-hydrogen) atoms. The van der Waals surface area contributed by atoms with Gasteiger partial charge < -0.3 is 9.80 Å². The van der Waals surface area contributed by atoms with Gasteiger partial charge in [-0.3, -0.25) is 9.59 Å². The van der Waals surface area contributed by atoms with E-state index in [1.54, 1.807) is 14.1 Å². The number of nitrogens with zero attached hydrogens (tertiary/aromatic N) is 2. The molecule has 1 heterocycles. The molecule has 0 N–H and O–H groups in total. The molecule has 1 unspecified atom stereocenters. The van der Waals surface area contributed by atoms with Gasteiger partial charge in [0.2, 0.25) is 5.91 Å². The number of likely N-dealkylation sites (N-methyl/N-ethyl adjacent to an activating group) is 1. The number of likely N-dealkylation sites (tertiary alicyclic amines) is 1. The van der Waals surface area contributed by atoms with Crippen molar-refractivity contribution in [2.45, 2.75) is 18.9 Å². The maximum Gasteiger partial charge on any atom is 0.256 e. The van der Waals surface area contributed by atoms with Crippen LogP contribution in [-0.2, 0) is 4.79 Å². The first-order valence-corrected chi connectivity index (χ1v) is 7.25. The fourth-order valence-corrected chi connectivity index (χ4v) is 2.87. The first kappa shape index (κ1) is 16.0. The molecule has 0 radical (unpaired) electrons. The van der Waals surface area contributed by atoms with Crippen LogP contribution in [0.3, 0.4) is 0 Å². The smallest absolute Gasteiger partial charge is 0.256 e. The Morgan fingerprint density at radius 3 is 2.57 bits per heavy atom. The Labute approximate surface area is 132 Å². The fourth-order valence-electron chi connectivity index (χ4n) is 2.41. The molecular formula is C14H15Cl2FN2O2. The van der Waals surface area contributed by atoms with Gasteiger partial charge in [-0.2, -0.15) is 0 Å². The molecule has 0 aliphatic carbocycles. The second-order valence-corrected chi connectivity index (χ2v) is 5.95. The van der Waals surface area contributed by atoms with Crippen LogP contribution >= 0.6 is 23.2 Å². The minimum absolute atomic E-state index is 0.0250. The average molecular weight is 333 g/mol. The van der Waals surface area contributed by atoms with Crippen LogP contribution in [0.15, 0.2) is 12.1 Å². The molecule has 0 bridgehead atoms. The summed E-state index contributed by atoms with van der Waals surface area (Å²) in [5, 5.41) is -0.0618. The molecule has 114 valence electrons. The van der Waals surface area contributed by atoms with Crippen LogP contribution in [-0.4, -0.2) is 48.3 Å². The summed E-state index contributed by atoms with van der Waals surface area (Å²) >= 11 is 11.6. The lowest BCUT2D eigenvalue weighted by molar-refractivity contribution is -0.132. The highest BCUT2D eigenvalue weighted by molar-refractivity contribution is 6.36. The van der Waals surface area contributed by atoms with Gasteiger partial charge in [0.15, 0.2) is 0 Å². The summed E-state index contributed by atoms with van der Waals surface area (Å²) < 4.78 is 13.6. The Balaban J connectivity index is 2.31. The Hall–Kier alpha value is -1.33. The molecule has 4 nitrogen and oxygen atoms in total. The number of benzene rings is 1. The van der Waals surface area contributed by atoms with Gasteiger partial charge in [-0.1, -0.05) is 23.2 Å². The summed E-state index contributed by atoms with van der Waals surface area (Å²) in [6.07, 6.45) is 1.32. The molecule has 1 atom stereocenters. The average Bonchev–Trinajstić information content (AvgIpc) is 2.90. The highest BCUT2D eigenvalue weighted by Gasteiger charge is 2.36. The monoisotopic (exact) mass is 332 g/mol. The van der Waals surface area contributed by atoms with Gasteiger partial charge in [-0.05, 0) is 25.0 Å². The molecule has 1 aromatic rings. The van der Waals surface area contributed by atoms with Gasteiger partial charge in [0.1, 0.15) is 11.9 Å². The van der Waals surface area contributed by atoms with Crippen LogP contribution in [0, 0.1) is 5.82 Å². The van der Waals surface area contributed by atoms with Crippen molar-refractivity contribution in [3.8, 4) is 0 Å². The van der Waals surface area contributed by atoms with Crippen molar-refractivity contribution in [3.63, 3.8) is 0 Å². The summed E-state index contributed by atoms with van der Waals surface area (Å²) in [4.78, 5) is 27.5. The second-order valence-electron chi connectivity index (χ2n) is 5.14. The third-order valence-electron chi connectivity index (χ3n) is 3.48. The molecule has 1 saturated heterocycles. The Bertz CT molecular complexity index is 593. The summed E-state index contributed by atoms with van der Waals surface area (Å²) in [6.45, 7) is 0.448. The largest absolute Gasteiger partial charge is 0.347 e. The van der Waals surface area contributed by atoms with Crippen molar-refractivity contribution in [2.24, 2.45) is 0 Å². The van der Waals surface area contributed by atoms with Gasteiger partial charge in [-0.25, -0.2) is 4.39 Å². The van der Waals surface area contributed by atoms with Crippen LogP contribution in [0.1, 0.15) is 23.2 Å². The number of hydrogen-bond donors (Lipinski definition) is 0. The molecule has 0 spiro atoms. The molecule has 1 aromatic carbocycles. The standard InChI is InChI=1S/C14H15Cl2FN2O2/c1-18(2)14(21)12-4-3-5-19(12)13(20)8-6-11(17)10(16)7-9(8)15/h6-7,12H,3-5H2,1-2H3. The molecule has 0 saturated carbocycles. The zero-order chi connectivity index (χ0) is 15.7. The van der Waals surface area contributed by atoms with E-state index in [4.69, 9.17) is 23.2 Å². The van der Waals surface area contributed by atoms with Crippen molar-refractivity contribution in [1.29, 1.82) is 0 Å². The Kier molecular flexibility index (Phi) is 4.74. The van der Waals surface area contributed by atoms with E-state index in [2.05, 4.69) is 0 Å². The zero-order valence-corrected chi connectivity index (χ0v) is 13.2. The predicted molar refractivity (Wildman–Crippen MR) is 79.2 cm³/mol. The summed E-state index contributed by atoms with van der Waals surface area (Å²) in [7, 11) is 3.27. The summed E-state index contributed by atoms with van der Waals surface area (Å²) in [5.41, 5.74) is 0.0250. The molecule has 1 aliphatic heterocycles. The highest BCUT2D eigenvalue weighted by Crippen LogP contribution is 2.28. The summed E-state index contributed by atoms with van der Waals surface area (Å²) in [5.74, 6) is -1.31. The molecule has 2 amide bonds. The lowest BCUT2D eigenvalue weighted by Gasteiger charge is -2.26. The number of carbonyl (C=O) groups excluding carboxylic acids is 2. The number of amides is 2. The third-order valence-corrected chi connectivity index (χ3v) is 4.08. The number of rotatable bonds is 2. The Morgan fingerprint density at radius 1 is 1.29 bits per heavy atom. The van der Waals surface area contributed by atoms with E-state index in [9.17, 15) is 14.0 Å². The van der Waals surface area contributed by atoms with E-state index in [0.717, 1.165) is 12.5 Å². The minimum Gasteiger partial charge on any atom is -0.347 e. The van der Waals surface area contributed by atoms with Crippen LogP contribution < -0.4 is 0 Å². The van der Waals surface area contributed by atoms with E-state index in [1.165, 1.54) is 15.9 Å². The number of halogens is 3. The van der Waals surface area contributed by atoms with E-state index < -0.39 is 17.8 Å². The van der Waals surface area contributed by atoms with E-state index in [1.807, 2.05) is 0 Å². The quantitative estimate of drug-likeness (QED) is 0.781. The predicted octanol–water partition coefficient (Wildman–Crippen LogP) is 2.83. The van der Waals surface area contributed by atoms with Crippen LogP contribution in [0.2, 0.25) is 10.0 Å². The van der Waals surface area contributed by atoms with Gasteiger partial charge in [0, 0.05) is 20.6 Å². The maximum absolute atomic E-state index is 13.6.